The third-order valence-corrected chi connectivity index (χ3v) is 6.32. The second kappa shape index (κ2) is 9.17. The molecule has 2 aromatic rings. The summed E-state index contributed by atoms with van der Waals surface area (Å²) in [7, 11) is -2.20. The Balaban J connectivity index is 1.92. The molecule has 0 fully saturated rings. The maximum atomic E-state index is 13.0. The molecule has 0 radical (unpaired) electrons. The van der Waals surface area contributed by atoms with Gasteiger partial charge >= 0.3 is 0 Å². The fourth-order valence-corrected chi connectivity index (χ4v) is 4.65. The van der Waals surface area contributed by atoms with Gasteiger partial charge in [0.25, 0.3) is 10.2 Å². The summed E-state index contributed by atoms with van der Waals surface area (Å²) in [4.78, 5) is 0. The highest BCUT2D eigenvalue weighted by atomic mass is 32.2. The van der Waals surface area contributed by atoms with E-state index in [0.717, 1.165) is 16.8 Å². The van der Waals surface area contributed by atoms with Gasteiger partial charge in [-0.3, -0.25) is 0 Å². The quantitative estimate of drug-likeness (QED) is 0.692. The molecule has 1 aliphatic heterocycles. The average Bonchev–Trinajstić information content (AvgIpc) is 2.88. The van der Waals surface area contributed by atoms with Gasteiger partial charge in [0, 0.05) is 38.5 Å². The Hall–Kier alpha value is -2.44. The zero-order valence-corrected chi connectivity index (χ0v) is 16.6. The van der Waals surface area contributed by atoms with Crippen molar-refractivity contribution in [3.8, 4) is 6.07 Å². The second-order valence-corrected chi connectivity index (χ2v) is 8.35. The highest BCUT2D eigenvalue weighted by molar-refractivity contribution is 7.87. The minimum atomic E-state index is -3.73. The van der Waals surface area contributed by atoms with Crippen molar-refractivity contribution in [2.75, 3.05) is 32.1 Å². The van der Waals surface area contributed by atoms with Crippen LogP contribution in [0.5, 0.6) is 0 Å². The Morgan fingerprint density at radius 3 is 2.79 bits per heavy atom. The molecule has 1 atom stereocenters. The number of methoxy groups -OCH3 is 1. The Bertz CT molecular complexity index is 942. The van der Waals surface area contributed by atoms with E-state index in [0.29, 0.717) is 25.1 Å². The lowest BCUT2D eigenvalue weighted by atomic mass is 10.1. The summed E-state index contributed by atoms with van der Waals surface area (Å²) < 4.78 is 35.1. The van der Waals surface area contributed by atoms with Crippen molar-refractivity contribution in [1.29, 1.82) is 5.26 Å². The minimum Gasteiger partial charge on any atom is -0.383 e. The lowest BCUT2D eigenvalue weighted by molar-refractivity contribution is 0.203. The smallest absolute Gasteiger partial charge is 0.280 e. The highest BCUT2D eigenvalue weighted by Crippen LogP contribution is 2.26. The molecule has 2 N–H and O–H groups in total. The maximum absolute atomic E-state index is 13.0. The lowest BCUT2D eigenvalue weighted by Gasteiger charge is -2.29. The molecule has 0 aromatic heterocycles. The molecule has 0 amide bonds. The monoisotopic (exact) mass is 400 g/mol. The number of fused-ring (bicyclic) bond motifs is 1. The van der Waals surface area contributed by atoms with Crippen LogP contribution >= 0.6 is 0 Å². The van der Waals surface area contributed by atoms with Gasteiger partial charge in [0.15, 0.2) is 0 Å². The van der Waals surface area contributed by atoms with Crippen LogP contribution in [0.25, 0.3) is 0 Å². The molecule has 148 valence electrons. The highest BCUT2D eigenvalue weighted by Gasteiger charge is 2.32. The van der Waals surface area contributed by atoms with Crippen molar-refractivity contribution < 1.29 is 13.2 Å². The van der Waals surface area contributed by atoms with E-state index in [-0.39, 0.29) is 19.1 Å². The summed E-state index contributed by atoms with van der Waals surface area (Å²) in [5.41, 5.74) is 3.21. The van der Waals surface area contributed by atoms with E-state index in [1.165, 1.54) is 11.4 Å². The molecule has 0 spiro atoms. The van der Waals surface area contributed by atoms with Crippen LogP contribution in [0.3, 0.4) is 0 Å². The van der Waals surface area contributed by atoms with E-state index in [1.807, 2.05) is 36.4 Å². The van der Waals surface area contributed by atoms with E-state index in [4.69, 9.17) is 4.74 Å². The molecule has 3 rings (SSSR count). The molecule has 28 heavy (non-hydrogen) atoms. The molecule has 8 heteroatoms. The predicted molar refractivity (Wildman–Crippen MR) is 108 cm³/mol. The molecule has 7 nitrogen and oxygen atoms in total. The summed E-state index contributed by atoms with van der Waals surface area (Å²) in [6, 6.07) is 17.0. The maximum Gasteiger partial charge on any atom is 0.280 e. The molecule has 1 heterocycles. The van der Waals surface area contributed by atoms with Crippen molar-refractivity contribution >= 4 is 15.9 Å². The number of hydrogen-bond donors (Lipinski definition) is 2. The topological polar surface area (TPSA) is 94.5 Å². The van der Waals surface area contributed by atoms with E-state index in [2.05, 4.69) is 16.1 Å². The zero-order chi connectivity index (χ0) is 20.0. The second-order valence-electron chi connectivity index (χ2n) is 6.65. The van der Waals surface area contributed by atoms with Gasteiger partial charge in [0.05, 0.1) is 18.2 Å². The molecule has 2 aromatic carbocycles. The lowest BCUT2D eigenvalue weighted by Crippen LogP contribution is -2.49. The standard InChI is InChI=1S/C20H24N4O3S/c1-27-10-9-23-28(25,26)24-15-18-11-17(13-21)7-8-20(18)22-14-19(24)12-16-5-3-2-4-6-16/h2-8,11,19,22-23H,9-10,12,14-15H2,1H3/t19-/m1/s1. The largest absolute Gasteiger partial charge is 0.383 e. The summed E-state index contributed by atoms with van der Waals surface area (Å²) >= 11 is 0. The first-order valence-corrected chi connectivity index (χ1v) is 10.5. The molecule has 0 saturated carbocycles. The normalized spacial score (nSPS) is 17.2. The van der Waals surface area contributed by atoms with E-state index < -0.39 is 10.2 Å². The molecule has 0 unspecified atom stereocenters. The summed E-state index contributed by atoms with van der Waals surface area (Å²) in [6.45, 7) is 1.16. The average molecular weight is 401 g/mol. The van der Waals surface area contributed by atoms with Crippen molar-refractivity contribution in [3.05, 3.63) is 65.2 Å². The number of ether oxygens (including phenoxy) is 1. The van der Waals surface area contributed by atoms with Gasteiger partial charge in [0.2, 0.25) is 0 Å². The minimum absolute atomic E-state index is 0.192. The number of nitrogens with one attached hydrogen (secondary N) is 2. The van der Waals surface area contributed by atoms with Crippen LogP contribution in [-0.2, 0) is 27.9 Å². The Kier molecular flexibility index (Phi) is 6.65. The van der Waals surface area contributed by atoms with Gasteiger partial charge in [-0.25, -0.2) is 0 Å². The van der Waals surface area contributed by atoms with Crippen LogP contribution < -0.4 is 10.0 Å². The fraction of sp³-hybridized carbons (Fsp3) is 0.350. The van der Waals surface area contributed by atoms with Crippen LogP contribution in [0.4, 0.5) is 5.69 Å². The number of nitriles is 1. The zero-order valence-electron chi connectivity index (χ0n) is 15.8. The van der Waals surface area contributed by atoms with Gasteiger partial charge in [0.1, 0.15) is 0 Å². The number of anilines is 1. The van der Waals surface area contributed by atoms with Crippen LogP contribution in [0.15, 0.2) is 48.5 Å². The molecular weight excluding hydrogens is 376 g/mol. The van der Waals surface area contributed by atoms with Crippen LogP contribution in [0, 0.1) is 11.3 Å². The van der Waals surface area contributed by atoms with Crippen LogP contribution in [0.2, 0.25) is 0 Å². The first-order valence-electron chi connectivity index (χ1n) is 9.09. The number of benzene rings is 2. The predicted octanol–water partition coefficient (Wildman–Crippen LogP) is 1.88. The molecule has 0 saturated heterocycles. The number of nitrogens with zero attached hydrogens (tertiary/aromatic N) is 2. The summed E-state index contributed by atoms with van der Waals surface area (Å²) in [5.74, 6) is 0. The van der Waals surface area contributed by atoms with E-state index in [9.17, 15) is 13.7 Å². The van der Waals surface area contributed by atoms with Crippen molar-refractivity contribution in [1.82, 2.24) is 9.03 Å². The first kappa shape index (κ1) is 20.3. The third-order valence-electron chi connectivity index (χ3n) is 4.71. The van der Waals surface area contributed by atoms with Crippen molar-refractivity contribution in [2.45, 2.75) is 19.0 Å². The van der Waals surface area contributed by atoms with Gasteiger partial charge in [-0.2, -0.15) is 22.7 Å². The van der Waals surface area contributed by atoms with Crippen LogP contribution in [0.1, 0.15) is 16.7 Å². The van der Waals surface area contributed by atoms with E-state index >= 15 is 0 Å². The Morgan fingerprint density at radius 2 is 2.07 bits per heavy atom. The van der Waals surface area contributed by atoms with Gasteiger partial charge < -0.3 is 10.1 Å². The number of rotatable bonds is 7. The SMILES string of the molecule is COCCNS(=O)(=O)N1Cc2cc(C#N)ccc2NC[C@H]1Cc1ccccc1. The molecule has 1 aliphatic rings. The van der Waals surface area contributed by atoms with Crippen molar-refractivity contribution in [2.24, 2.45) is 0 Å². The van der Waals surface area contributed by atoms with Gasteiger partial charge in [-0.05, 0) is 35.7 Å². The third kappa shape index (κ3) is 4.88. The molecule has 0 aliphatic carbocycles. The van der Waals surface area contributed by atoms with Crippen molar-refractivity contribution in [3.63, 3.8) is 0 Å². The first-order chi connectivity index (χ1) is 13.5. The summed E-state index contributed by atoms with van der Waals surface area (Å²) in [6.07, 6.45) is 0.581. The Morgan fingerprint density at radius 1 is 1.29 bits per heavy atom. The Labute approximate surface area is 166 Å². The van der Waals surface area contributed by atoms with Crippen LogP contribution in [-0.4, -0.2) is 45.6 Å². The van der Waals surface area contributed by atoms with E-state index in [1.54, 1.807) is 12.1 Å². The fourth-order valence-electron chi connectivity index (χ4n) is 3.29. The van der Waals surface area contributed by atoms with Gasteiger partial charge in [-0.15, -0.1) is 0 Å². The number of hydrogen-bond acceptors (Lipinski definition) is 5. The molecule has 0 bridgehead atoms. The van der Waals surface area contributed by atoms with Gasteiger partial charge in [-0.1, -0.05) is 30.3 Å². The molecular formula is C20H24N4O3S. The summed E-state index contributed by atoms with van der Waals surface area (Å²) in [5, 5.41) is 12.5.